The number of nitrogens with two attached hydrogens (primary N) is 1. The second-order valence-electron chi connectivity index (χ2n) is 4.36. The molecule has 0 fully saturated rings. The number of rotatable bonds is 2. The van der Waals surface area contributed by atoms with Gasteiger partial charge in [-0.05, 0) is 20.8 Å². The van der Waals surface area contributed by atoms with Crippen LogP contribution >= 0.6 is 0 Å². The molecule has 1 aromatic rings. The lowest BCUT2D eigenvalue weighted by Crippen LogP contribution is -2.27. The van der Waals surface area contributed by atoms with Crippen molar-refractivity contribution in [3.05, 3.63) is 12.3 Å². The molecular formula is C9H15N3O4S. The maximum absolute atomic E-state index is 11.7. The summed E-state index contributed by atoms with van der Waals surface area (Å²) in [5.74, 6) is 0.118. The van der Waals surface area contributed by atoms with Crippen molar-refractivity contribution >= 4 is 28.9 Å². The van der Waals surface area contributed by atoms with Gasteiger partial charge < -0.3 is 10.5 Å². The zero-order valence-electron chi connectivity index (χ0n) is 9.76. The molecule has 0 aromatic carbocycles. The monoisotopic (exact) mass is 261 g/mol. The van der Waals surface area contributed by atoms with Crippen molar-refractivity contribution in [3.8, 4) is 0 Å². The first-order valence-electron chi connectivity index (χ1n) is 4.78. The Morgan fingerprint density at radius 3 is 2.65 bits per heavy atom. The van der Waals surface area contributed by atoms with Gasteiger partial charge in [-0.25, -0.2) is 13.6 Å². The lowest BCUT2D eigenvalue weighted by atomic mass is 10.2. The SMILES string of the molecule is CC(C)(C)OC(=O)n1cc(NS(=O)O)cc1N. The van der Waals surface area contributed by atoms with E-state index >= 15 is 0 Å². The van der Waals surface area contributed by atoms with Gasteiger partial charge in [0, 0.05) is 12.3 Å². The predicted octanol–water partition coefficient (Wildman–Crippen LogP) is 1.40. The number of nitrogens with zero attached hydrogens (tertiary/aromatic N) is 1. The van der Waals surface area contributed by atoms with Crippen LogP contribution in [0.1, 0.15) is 20.8 Å². The Kier molecular flexibility index (Phi) is 3.79. The molecule has 1 heterocycles. The van der Waals surface area contributed by atoms with E-state index in [-0.39, 0.29) is 11.5 Å². The molecule has 0 aliphatic rings. The largest absolute Gasteiger partial charge is 0.443 e. The summed E-state index contributed by atoms with van der Waals surface area (Å²) in [6.07, 6.45) is 0.643. The highest BCUT2D eigenvalue weighted by Gasteiger charge is 2.19. The Hall–Kier alpha value is -1.54. The molecular weight excluding hydrogens is 246 g/mol. The third-order valence-electron chi connectivity index (χ3n) is 1.65. The maximum Gasteiger partial charge on any atom is 0.420 e. The van der Waals surface area contributed by atoms with Crippen LogP contribution in [0, 0.1) is 0 Å². The average molecular weight is 261 g/mol. The van der Waals surface area contributed by atoms with Gasteiger partial charge in [0.25, 0.3) is 11.3 Å². The molecule has 0 aliphatic carbocycles. The van der Waals surface area contributed by atoms with Crippen LogP contribution in [0.5, 0.6) is 0 Å². The van der Waals surface area contributed by atoms with Gasteiger partial charge in [0.1, 0.15) is 11.4 Å². The number of anilines is 2. The minimum atomic E-state index is -2.21. The van der Waals surface area contributed by atoms with Crippen molar-refractivity contribution in [1.29, 1.82) is 0 Å². The zero-order chi connectivity index (χ0) is 13.2. The molecule has 1 aromatic heterocycles. The number of nitrogen functional groups attached to an aromatic ring is 1. The molecule has 7 nitrogen and oxygen atoms in total. The van der Waals surface area contributed by atoms with Crippen LogP contribution in [0.4, 0.5) is 16.3 Å². The summed E-state index contributed by atoms with van der Waals surface area (Å²) in [6, 6.07) is 1.36. The Morgan fingerprint density at radius 2 is 2.18 bits per heavy atom. The van der Waals surface area contributed by atoms with E-state index in [1.807, 2.05) is 0 Å². The van der Waals surface area contributed by atoms with Crippen LogP contribution < -0.4 is 10.5 Å². The van der Waals surface area contributed by atoms with E-state index < -0.39 is 23.0 Å². The van der Waals surface area contributed by atoms with Crippen molar-refractivity contribution in [2.24, 2.45) is 0 Å². The second kappa shape index (κ2) is 4.76. The van der Waals surface area contributed by atoms with Crippen molar-refractivity contribution in [3.63, 3.8) is 0 Å². The van der Waals surface area contributed by atoms with E-state index in [0.717, 1.165) is 4.57 Å². The molecule has 1 rings (SSSR count). The molecule has 0 saturated carbocycles. The van der Waals surface area contributed by atoms with Crippen LogP contribution in [-0.4, -0.2) is 25.0 Å². The van der Waals surface area contributed by atoms with Crippen LogP contribution in [0.3, 0.4) is 0 Å². The highest BCUT2D eigenvalue weighted by Crippen LogP contribution is 2.18. The van der Waals surface area contributed by atoms with Gasteiger partial charge in [0.2, 0.25) is 0 Å². The molecule has 0 bridgehead atoms. The molecule has 0 aliphatic heterocycles. The van der Waals surface area contributed by atoms with Gasteiger partial charge >= 0.3 is 6.09 Å². The minimum absolute atomic E-state index is 0.118. The normalized spacial score (nSPS) is 13.2. The summed E-state index contributed by atoms with van der Waals surface area (Å²) < 4.78 is 27.5. The smallest absolute Gasteiger partial charge is 0.420 e. The fourth-order valence-corrected chi connectivity index (χ4v) is 1.42. The molecule has 0 saturated heterocycles. The molecule has 0 spiro atoms. The van der Waals surface area contributed by atoms with Gasteiger partial charge in [-0.3, -0.25) is 9.27 Å². The number of carbonyl (C=O) groups is 1. The highest BCUT2D eigenvalue weighted by molar-refractivity contribution is 7.80. The quantitative estimate of drug-likeness (QED) is 0.698. The van der Waals surface area contributed by atoms with E-state index in [4.69, 9.17) is 15.0 Å². The van der Waals surface area contributed by atoms with Gasteiger partial charge in [-0.15, -0.1) is 0 Å². The number of hydrogen-bond donors (Lipinski definition) is 3. The molecule has 96 valence electrons. The molecule has 0 amide bonds. The number of aromatic nitrogens is 1. The van der Waals surface area contributed by atoms with Gasteiger partial charge in [0.15, 0.2) is 0 Å². The number of nitrogens with one attached hydrogen (secondary N) is 1. The molecule has 8 heteroatoms. The summed E-state index contributed by atoms with van der Waals surface area (Å²) in [6.45, 7) is 5.19. The summed E-state index contributed by atoms with van der Waals surface area (Å²) in [7, 11) is 0. The number of hydrogen-bond acceptors (Lipinski definition) is 4. The summed E-state index contributed by atoms with van der Waals surface area (Å²) >= 11 is -2.21. The van der Waals surface area contributed by atoms with Crippen molar-refractivity contribution in [2.45, 2.75) is 26.4 Å². The van der Waals surface area contributed by atoms with Crippen LogP contribution in [0.25, 0.3) is 0 Å². The summed E-state index contributed by atoms with van der Waals surface area (Å²) in [4.78, 5) is 11.7. The molecule has 17 heavy (non-hydrogen) atoms. The third-order valence-corrected chi connectivity index (χ3v) is 2.06. The van der Waals surface area contributed by atoms with E-state index in [2.05, 4.69) is 4.72 Å². The standard InChI is InChI=1S/C9H15N3O4S/c1-9(2,3)16-8(13)12-5-6(4-7(12)10)11-17(14)15/h4-5,11H,10H2,1-3H3,(H,14,15). The molecule has 1 atom stereocenters. The first-order valence-corrected chi connectivity index (χ1v) is 5.88. The lowest BCUT2D eigenvalue weighted by Gasteiger charge is -2.19. The summed E-state index contributed by atoms with van der Waals surface area (Å²) in [5.41, 5.74) is 5.20. The Morgan fingerprint density at radius 1 is 1.59 bits per heavy atom. The lowest BCUT2D eigenvalue weighted by molar-refractivity contribution is 0.0541. The fourth-order valence-electron chi connectivity index (χ4n) is 1.11. The molecule has 1 unspecified atom stereocenters. The van der Waals surface area contributed by atoms with Gasteiger partial charge in [-0.2, -0.15) is 0 Å². The highest BCUT2D eigenvalue weighted by atomic mass is 32.2. The van der Waals surface area contributed by atoms with Crippen LogP contribution in [0.2, 0.25) is 0 Å². The number of ether oxygens (including phenoxy) is 1. The number of carbonyl (C=O) groups excluding carboxylic acids is 1. The van der Waals surface area contributed by atoms with Crippen molar-refractivity contribution in [2.75, 3.05) is 10.5 Å². The fraction of sp³-hybridized carbons (Fsp3) is 0.444. The van der Waals surface area contributed by atoms with E-state index in [1.54, 1.807) is 20.8 Å². The maximum atomic E-state index is 11.7. The van der Waals surface area contributed by atoms with Gasteiger partial charge in [-0.1, -0.05) is 0 Å². The zero-order valence-corrected chi connectivity index (χ0v) is 10.6. The third kappa shape index (κ3) is 4.08. The van der Waals surface area contributed by atoms with Crippen LogP contribution in [0.15, 0.2) is 12.3 Å². The van der Waals surface area contributed by atoms with E-state index in [1.165, 1.54) is 12.3 Å². The van der Waals surface area contributed by atoms with E-state index in [0.29, 0.717) is 0 Å². The van der Waals surface area contributed by atoms with Crippen molar-refractivity contribution in [1.82, 2.24) is 4.57 Å². The van der Waals surface area contributed by atoms with Gasteiger partial charge in [0.05, 0.1) is 5.69 Å². The summed E-state index contributed by atoms with van der Waals surface area (Å²) in [5, 5.41) is 0. The predicted molar refractivity (Wildman–Crippen MR) is 64.9 cm³/mol. The van der Waals surface area contributed by atoms with E-state index in [9.17, 15) is 9.00 Å². The first kappa shape index (κ1) is 13.5. The Balaban J connectivity index is 2.88. The Bertz CT molecular complexity index is 450. The molecule has 4 N–H and O–H groups in total. The van der Waals surface area contributed by atoms with Crippen LogP contribution in [-0.2, 0) is 16.0 Å². The molecule has 0 radical (unpaired) electrons. The minimum Gasteiger partial charge on any atom is -0.443 e. The topological polar surface area (TPSA) is 107 Å². The first-order chi connectivity index (χ1) is 7.69. The Labute approximate surface area is 101 Å². The average Bonchev–Trinajstić information content (AvgIpc) is 2.42. The second-order valence-corrected chi connectivity index (χ2v) is 5.06. The van der Waals surface area contributed by atoms with Crippen molar-refractivity contribution < 1.29 is 18.3 Å².